The fourth-order valence-corrected chi connectivity index (χ4v) is 0.952. The highest BCUT2D eigenvalue weighted by molar-refractivity contribution is 5.82. The van der Waals surface area contributed by atoms with Crippen molar-refractivity contribution in [2.45, 2.75) is 19.4 Å². The molecule has 1 atom stereocenters. The molecule has 6 heteroatoms. The standard InChI is InChI=1S/C9H19N3O3/c1-7(8(13)14)11-9(15)12(3)6-4-5-10-2/h7,10H,4-6H2,1-3H3,(H,11,15)(H,13,14)/t7-/m0/s1. The number of carbonyl (C=O) groups excluding carboxylic acids is 1. The summed E-state index contributed by atoms with van der Waals surface area (Å²) >= 11 is 0. The number of carboxylic acids is 1. The molecule has 0 aromatic carbocycles. The van der Waals surface area contributed by atoms with Gasteiger partial charge in [0.15, 0.2) is 0 Å². The number of hydrogen-bond donors (Lipinski definition) is 3. The highest BCUT2D eigenvalue weighted by Crippen LogP contribution is 1.90. The van der Waals surface area contributed by atoms with Crippen molar-refractivity contribution in [2.75, 3.05) is 27.2 Å². The molecule has 0 heterocycles. The van der Waals surface area contributed by atoms with Crippen LogP contribution in [0.4, 0.5) is 4.79 Å². The maximum absolute atomic E-state index is 11.4. The summed E-state index contributed by atoms with van der Waals surface area (Å²) in [5.41, 5.74) is 0. The average Bonchev–Trinajstić information content (AvgIpc) is 2.17. The third-order valence-corrected chi connectivity index (χ3v) is 1.98. The fourth-order valence-electron chi connectivity index (χ4n) is 0.952. The van der Waals surface area contributed by atoms with E-state index in [2.05, 4.69) is 10.6 Å². The number of carboxylic acid groups (broad SMARTS) is 1. The van der Waals surface area contributed by atoms with E-state index < -0.39 is 12.0 Å². The van der Waals surface area contributed by atoms with Crippen molar-refractivity contribution in [3.63, 3.8) is 0 Å². The van der Waals surface area contributed by atoms with E-state index in [1.165, 1.54) is 11.8 Å². The van der Waals surface area contributed by atoms with E-state index >= 15 is 0 Å². The molecule has 0 aliphatic rings. The zero-order chi connectivity index (χ0) is 11.8. The van der Waals surface area contributed by atoms with Crippen molar-refractivity contribution in [2.24, 2.45) is 0 Å². The summed E-state index contributed by atoms with van der Waals surface area (Å²) in [6.45, 7) is 2.85. The lowest BCUT2D eigenvalue weighted by Gasteiger charge is -2.19. The van der Waals surface area contributed by atoms with Crippen molar-refractivity contribution < 1.29 is 14.7 Å². The van der Waals surface area contributed by atoms with Gasteiger partial charge in [-0.1, -0.05) is 0 Å². The highest BCUT2D eigenvalue weighted by Gasteiger charge is 2.16. The van der Waals surface area contributed by atoms with Gasteiger partial charge in [0.2, 0.25) is 0 Å². The van der Waals surface area contributed by atoms with Crippen LogP contribution >= 0.6 is 0 Å². The van der Waals surface area contributed by atoms with Crippen molar-refractivity contribution in [3.8, 4) is 0 Å². The lowest BCUT2D eigenvalue weighted by molar-refractivity contribution is -0.138. The minimum Gasteiger partial charge on any atom is -0.480 e. The first-order valence-electron chi connectivity index (χ1n) is 4.88. The normalized spacial score (nSPS) is 11.9. The quantitative estimate of drug-likeness (QED) is 0.534. The number of rotatable bonds is 6. The third kappa shape index (κ3) is 5.90. The van der Waals surface area contributed by atoms with Gasteiger partial charge in [-0.3, -0.25) is 4.79 Å². The van der Waals surface area contributed by atoms with E-state index in [9.17, 15) is 9.59 Å². The summed E-state index contributed by atoms with van der Waals surface area (Å²) in [7, 11) is 3.48. The van der Waals surface area contributed by atoms with Crippen LogP contribution in [0, 0.1) is 0 Å². The molecular formula is C9H19N3O3. The highest BCUT2D eigenvalue weighted by atomic mass is 16.4. The van der Waals surface area contributed by atoms with Gasteiger partial charge in [0, 0.05) is 13.6 Å². The molecule has 0 saturated heterocycles. The monoisotopic (exact) mass is 217 g/mol. The predicted molar refractivity (Wildman–Crippen MR) is 56.8 cm³/mol. The largest absolute Gasteiger partial charge is 0.480 e. The molecule has 0 aromatic rings. The number of amides is 2. The van der Waals surface area contributed by atoms with Crippen LogP contribution in [0.3, 0.4) is 0 Å². The van der Waals surface area contributed by atoms with Crippen molar-refractivity contribution in [1.29, 1.82) is 0 Å². The zero-order valence-electron chi connectivity index (χ0n) is 9.41. The van der Waals surface area contributed by atoms with Gasteiger partial charge in [-0.15, -0.1) is 0 Å². The van der Waals surface area contributed by atoms with Gasteiger partial charge < -0.3 is 20.6 Å². The van der Waals surface area contributed by atoms with Gasteiger partial charge in [0.25, 0.3) is 0 Å². The van der Waals surface area contributed by atoms with Gasteiger partial charge in [0.05, 0.1) is 0 Å². The van der Waals surface area contributed by atoms with E-state index in [4.69, 9.17) is 5.11 Å². The number of carbonyl (C=O) groups is 2. The molecule has 15 heavy (non-hydrogen) atoms. The topological polar surface area (TPSA) is 81.7 Å². The molecule has 6 nitrogen and oxygen atoms in total. The second-order valence-electron chi connectivity index (χ2n) is 3.39. The Labute approximate surface area is 89.6 Å². The number of nitrogens with zero attached hydrogens (tertiary/aromatic N) is 1. The van der Waals surface area contributed by atoms with Crippen molar-refractivity contribution in [1.82, 2.24) is 15.5 Å². The second-order valence-corrected chi connectivity index (χ2v) is 3.39. The molecule has 2 amide bonds. The maximum Gasteiger partial charge on any atom is 0.325 e. The van der Waals surface area contributed by atoms with Crippen LogP contribution in [-0.2, 0) is 4.79 Å². The number of hydrogen-bond acceptors (Lipinski definition) is 3. The van der Waals surface area contributed by atoms with Crippen LogP contribution in [0.5, 0.6) is 0 Å². The van der Waals surface area contributed by atoms with Crippen molar-refractivity contribution >= 4 is 12.0 Å². The summed E-state index contributed by atoms with van der Waals surface area (Å²) in [6.07, 6.45) is 0.835. The average molecular weight is 217 g/mol. The molecule has 0 aromatic heterocycles. The van der Waals surface area contributed by atoms with E-state index in [-0.39, 0.29) is 6.03 Å². The Kier molecular flexibility index (Phi) is 6.44. The first-order chi connectivity index (χ1) is 6.99. The van der Waals surface area contributed by atoms with Gasteiger partial charge >= 0.3 is 12.0 Å². The molecule has 0 spiro atoms. The number of nitrogens with one attached hydrogen (secondary N) is 2. The molecule has 0 aliphatic heterocycles. The van der Waals surface area contributed by atoms with E-state index in [0.29, 0.717) is 6.54 Å². The Hall–Kier alpha value is -1.30. The summed E-state index contributed by atoms with van der Waals surface area (Å²) < 4.78 is 0. The summed E-state index contributed by atoms with van der Waals surface area (Å²) in [4.78, 5) is 23.3. The summed E-state index contributed by atoms with van der Waals surface area (Å²) in [6, 6.07) is -1.22. The third-order valence-electron chi connectivity index (χ3n) is 1.98. The van der Waals surface area contributed by atoms with Gasteiger partial charge in [-0.25, -0.2) is 4.79 Å². The fraction of sp³-hybridized carbons (Fsp3) is 0.778. The molecule has 3 N–H and O–H groups in total. The molecular weight excluding hydrogens is 198 g/mol. The van der Waals surface area contributed by atoms with Gasteiger partial charge in [0.1, 0.15) is 6.04 Å². The molecule has 0 saturated carbocycles. The van der Waals surface area contributed by atoms with Crippen LogP contribution in [0.1, 0.15) is 13.3 Å². The minimum atomic E-state index is -1.04. The van der Waals surface area contributed by atoms with E-state index in [1.807, 2.05) is 7.05 Å². The summed E-state index contributed by atoms with van der Waals surface area (Å²) in [5, 5.41) is 13.9. The van der Waals surface area contributed by atoms with Crippen LogP contribution in [0.25, 0.3) is 0 Å². The van der Waals surface area contributed by atoms with Gasteiger partial charge in [-0.05, 0) is 26.9 Å². The Bertz CT molecular complexity index is 221. The number of urea groups is 1. The number of aliphatic carboxylic acids is 1. The van der Waals surface area contributed by atoms with E-state index in [0.717, 1.165) is 13.0 Å². The molecule has 0 bridgehead atoms. The van der Waals surface area contributed by atoms with Crippen LogP contribution in [0.2, 0.25) is 0 Å². The Morgan fingerprint density at radius 2 is 2.07 bits per heavy atom. The Balaban J connectivity index is 3.83. The van der Waals surface area contributed by atoms with Crippen molar-refractivity contribution in [3.05, 3.63) is 0 Å². The Morgan fingerprint density at radius 3 is 2.53 bits per heavy atom. The summed E-state index contributed by atoms with van der Waals surface area (Å²) in [5.74, 6) is -1.04. The van der Waals surface area contributed by atoms with Crippen LogP contribution in [-0.4, -0.2) is 55.2 Å². The smallest absolute Gasteiger partial charge is 0.325 e. The minimum absolute atomic E-state index is 0.360. The lowest BCUT2D eigenvalue weighted by atomic mass is 10.3. The maximum atomic E-state index is 11.4. The molecule has 0 fully saturated rings. The molecule has 0 unspecified atom stereocenters. The van der Waals surface area contributed by atoms with Crippen LogP contribution < -0.4 is 10.6 Å². The second kappa shape index (κ2) is 7.05. The Morgan fingerprint density at radius 1 is 1.47 bits per heavy atom. The van der Waals surface area contributed by atoms with E-state index in [1.54, 1.807) is 7.05 Å². The van der Waals surface area contributed by atoms with Crippen LogP contribution in [0.15, 0.2) is 0 Å². The lowest BCUT2D eigenvalue weighted by Crippen LogP contribution is -2.45. The molecule has 0 radical (unpaired) electrons. The zero-order valence-corrected chi connectivity index (χ0v) is 9.41. The first-order valence-corrected chi connectivity index (χ1v) is 4.88. The first kappa shape index (κ1) is 13.7. The molecule has 0 rings (SSSR count). The predicted octanol–water partition coefficient (Wildman–Crippen LogP) is -0.290. The molecule has 0 aliphatic carbocycles. The van der Waals surface area contributed by atoms with Gasteiger partial charge in [-0.2, -0.15) is 0 Å². The SMILES string of the molecule is CNCCCN(C)C(=O)N[C@@H](C)C(=O)O. The molecule has 88 valence electrons.